The first-order valence-corrected chi connectivity index (χ1v) is 10.3. The second kappa shape index (κ2) is 7.89. The Morgan fingerprint density at radius 3 is 2.40 bits per heavy atom. The van der Waals surface area contributed by atoms with Gasteiger partial charge in [-0.1, -0.05) is 60.1 Å². The summed E-state index contributed by atoms with van der Waals surface area (Å²) in [5.74, 6) is 0.324. The average molecular weight is 426 g/mol. The fourth-order valence-corrected chi connectivity index (χ4v) is 4.95. The molecule has 2 aromatic carbocycles. The van der Waals surface area contributed by atoms with Gasteiger partial charge >= 0.3 is 0 Å². The zero-order valence-electron chi connectivity index (χ0n) is 14.9. The molecule has 0 aliphatic rings. The van der Waals surface area contributed by atoms with Gasteiger partial charge in [0.15, 0.2) is 0 Å². The van der Waals surface area contributed by atoms with E-state index < -0.39 is 10.0 Å². The van der Waals surface area contributed by atoms with Gasteiger partial charge in [0, 0.05) is 10.5 Å². The molecule has 0 saturated carbocycles. The maximum absolute atomic E-state index is 12.8. The number of hydrogen-bond acceptors (Lipinski definition) is 3. The molecule has 1 atom stereocenters. The summed E-state index contributed by atoms with van der Waals surface area (Å²) in [6, 6.07) is 14.8. The molecule has 0 amide bonds. The zero-order valence-corrected chi connectivity index (χ0v) is 17.3. The van der Waals surface area contributed by atoms with Crippen molar-refractivity contribution in [3.63, 3.8) is 0 Å². The monoisotopic (exact) mass is 425 g/mol. The number of hydrogen-bond donors (Lipinski definition) is 1. The summed E-state index contributed by atoms with van der Waals surface area (Å²) in [4.78, 5) is 0.133. The van der Waals surface area contributed by atoms with Crippen LogP contribution in [0.5, 0.6) is 5.75 Å². The normalized spacial score (nSPS) is 13.5. The minimum absolute atomic E-state index is 0.133. The third kappa shape index (κ3) is 5.06. The fraction of sp³-hybridized carbons (Fsp3) is 0.368. The van der Waals surface area contributed by atoms with E-state index in [1.807, 2.05) is 25.1 Å². The Kier molecular flexibility index (Phi) is 6.30. The number of ether oxygens (including phenoxy) is 1. The van der Waals surface area contributed by atoms with Crippen LogP contribution in [0, 0.1) is 0 Å². The lowest BCUT2D eigenvalue weighted by Gasteiger charge is -2.29. The molecule has 1 N–H and O–H groups in total. The number of benzene rings is 2. The van der Waals surface area contributed by atoms with Gasteiger partial charge in [-0.05, 0) is 42.5 Å². The van der Waals surface area contributed by atoms with Crippen LogP contribution in [0.3, 0.4) is 0 Å². The molecular weight excluding hydrogens is 402 g/mol. The van der Waals surface area contributed by atoms with E-state index in [-0.39, 0.29) is 16.4 Å². The minimum atomic E-state index is -3.68. The van der Waals surface area contributed by atoms with Crippen LogP contribution < -0.4 is 9.46 Å². The summed E-state index contributed by atoms with van der Waals surface area (Å²) in [6.45, 7) is 6.12. The van der Waals surface area contributed by atoms with Crippen LogP contribution in [0.2, 0.25) is 0 Å². The van der Waals surface area contributed by atoms with E-state index in [1.165, 1.54) is 12.7 Å². The molecule has 1 unspecified atom stereocenters. The molecule has 6 heteroatoms. The lowest BCUT2D eigenvalue weighted by Crippen LogP contribution is -2.37. The van der Waals surface area contributed by atoms with E-state index in [2.05, 4.69) is 46.6 Å². The maximum Gasteiger partial charge on any atom is 0.244 e. The van der Waals surface area contributed by atoms with Crippen molar-refractivity contribution in [1.82, 2.24) is 4.72 Å². The molecular formula is C19H24BrNO3S. The van der Waals surface area contributed by atoms with Gasteiger partial charge in [-0.3, -0.25) is 0 Å². The van der Waals surface area contributed by atoms with Crippen molar-refractivity contribution in [2.24, 2.45) is 0 Å². The lowest BCUT2D eigenvalue weighted by molar-refractivity contribution is 0.399. The van der Waals surface area contributed by atoms with Crippen LogP contribution in [-0.4, -0.2) is 21.6 Å². The van der Waals surface area contributed by atoms with Gasteiger partial charge in [0.1, 0.15) is 10.6 Å². The molecule has 136 valence electrons. The van der Waals surface area contributed by atoms with Gasteiger partial charge in [0.05, 0.1) is 7.11 Å². The Hall–Kier alpha value is -1.37. The molecule has 2 aromatic rings. The predicted octanol–water partition coefficient (Wildman–Crippen LogP) is 4.49. The molecule has 25 heavy (non-hydrogen) atoms. The van der Waals surface area contributed by atoms with Crippen molar-refractivity contribution in [2.75, 3.05) is 7.11 Å². The van der Waals surface area contributed by atoms with Crippen molar-refractivity contribution in [3.8, 4) is 5.75 Å². The first-order valence-electron chi connectivity index (χ1n) is 8.07. The van der Waals surface area contributed by atoms with Crippen LogP contribution in [0.15, 0.2) is 57.9 Å². The van der Waals surface area contributed by atoms with Crippen LogP contribution in [0.4, 0.5) is 0 Å². The summed E-state index contributed by atoms with van der Waals surface area (Å²) in [5, 5.41) is 0. The minimum Gasteiger partial charge on any atom is -0.495 e. The lowest BCUT2D eigenvalue weighted by atomic mass is 9.79. The number of halogens is 1. The predicted molar refractivity (Wildman–Crippen MR) is 105 cm³/mol. The number of nitrogens with one attached hydrogen (secondary N) is 1. The SMILES string of the molecule is COc1ccc(Br)cc1S(=O)(=O)NC(C)CC(C)(C)c1ccccc1. The number of sulfonamides is 1. The topological polar surface area (TPSA) is 55.4 Å². The Balaban J connectivity index is 2.19. The van der Waals surface area contributed by atoms with E-state index in [0.717, 1.165) is 0 Å². The molecule has 4 nitrogen and oxygen atoms in total. The van der Waals surface area contributed by atoms with E-state index in [9.17, 15) is 8.42 Å². The van der Waals surface area contributed by atoms with Gasteiger partial charge in [-0.15, -0.1) is 0 Å². The first-order chi connectivity index (χ1) is 11.7. The third-order valence-corrected chi connectivity index (χ3v) is 6.25. The molecule has 0 saturated heterocycles. The van der Waals surface area contributed by atoms with Crippen molar-refractivity contribution in [3.05, 3.63) is 58.6 Å². The second-order valence-electron chi connectivity index (χ2n) is 6.77. The van der Waals surface area contributed by atoms with Gasteiger partial charge in [0.25, 0.3) is 0 Å². The van der Waals surface area contributed by atoms with E-state index in [0.29, 0.717) is 16.6 Å². The van der Waals surface area contributed by atoms with Crippen LogP contribution in [0.25, 0.3) is 0 Å². The average Bonchev–Trinajstić information content (AvgIpc) is 2.54. The maximum atomic E-state index is 12.8. The van der Waals surface area contributed by atoms with Gasteiger partial charge in [0.2, 0.25) is 10.0 Å². The van der Waals surface area contributed by atoms with E-state index in [4.69, 9.17) is 4.74 Å². The third-order valence-electron chi connectivity index (χ3n) is 4.14. The van der Waals surface area contributed by atoms with Crippen molar-refractivity contribution < 1.29 is 13.2 Å². The highest BCUT2D eigenvalue weighted by molar-refractivity contribution is 9.10. The summed E-state index contributed by atoms with van der Waals surface area (Å²) in [5.41, 5.74) is 1.03. The molecule has 0 fully saturated rings. The van der Waals surface area contributed by atoms with Gasteiger partial charge in [-0.2, -0.15) is 0 Å². The molecule has 0 bridgehead atoms. The molecule has 0 heterocycles. The Labute approximate surface area is 158 Å². The number of methoxy groups -OCH3 is 1. The van der Waals surface area contributed by atoms with Crippen molar-refractivity contribution in [2.45, 2.75) is 43.5 Å². The zero-order chi connectivity index (χ0) is 18.7. The summed E-state index contributed by atoms with van der Waals surface area (Å²) in [6.07, 6.45) is 0.673. The Morgan fingerprint density at radius 1 is 1.16 bits per heavy atom. The molecule has 2 rings (SSSR count). The van der Waals surface area contributed by atoms with Crippen molar-refractivity contribution in [1.29, 1.82) is 0 Å². The largest absolute Gasteiger partial charge is 0.495 e. The van der Waals surface area contributed by atoms with E-state index >= 15 is 0 Å². The van der Waals surface area contributed by atoms with Crippen LogP contribution in [0.1, 0.15) is 32.8 Å². The molecule has 0 aromatic heterocycles. The summed E-state index contributed by atoms with van der Waals surface area (Å²) >= 11 is 3.32. The second-order valence-corrected chi connectivity index (χ2v) is 9.37. The Morgan fingerprint density at radius 2 is 1.80 bits per heavy atom. The highest BCUT2D eigenvalue weighted by Crippen LogP contribution is 2.30. The number of rotatable bonds is 7. The fourth-order valence-electron chi connectivity index (χ4n) is 3.00. The quantitative estimate of drug-likeness (QED) is 0.710. The molecule has 0 aliphatic heterocycles. The van der Waals surface area contributed by atoms with Gasteiger partial charge < -0.3 is 4.74 Å². The molecule has 0 radical (unpaired) electrons. The van der Waals surface area contributed by atoms with Crippen molar-refractivity contribution >= 4 is 26.0 Å². The molecule has 0 aliphatic carbocycles. The highest BCUT2D eigenvalue weighted by atomic mass is 79.9. The Bertz CT molecular complexity index is 820. The summed E-state index contributed by atoms with van der Waals surface area (Å²) in [7, 11) is -2.22. The molecule has 0 spiro atoms. The highest BCUT2D eigenvalue weighted by Gasteiger charge is 2.27. The smallest absolute Gasteiger partial charge is 0.244 e. The first kappa shape index (κ1) is 19.9. The van der Waals surface area contributed by atoms with E-state index in [1.54, 1.807) is 18.2 Å². The standard InChI is InChI=1S/C19H24BrNO3S/c1-14(13-19(2,3)15-8-6-5-7-9-15)21-25(22,23)18-12-16(20)10-11-17(18)24-4/h5-12,14,21H,13H2,1-4H3. The van der Waals surface area contributed by atoms with Gasteiger partial charge in [-0.25, -0.2) is 13.1 Å². The summed E-state index contributed by atoms with van der Waals surface area (Å²) < 4.78 is 34.2. The van der Waals surface area contributed by atoms with Crippen LogP contribution >= 0.6 is 15.9 Å². The van der Waals surface area contributed by atoms with Crippen LogP contribution in [-0.2, 0) is 15.4 Å².